The topological polar surface area (TPSA) is 61.6 Å². The number of rotatable bonds is 4. The number of ether oxygens (including phenoxy) is 2. The van der Waals surface area contributed by atoms with Crippen LogP contribution in [0.2, 0.25) is 0 Å². The third-order valence-electron chi connectivity index (χ3n) is 2.53. The van der Waals surface area contributed by atoms with Crippen LogP contribution in [0, 0.1) is 5.82 Å². The number of hydrogen-bond donors (Lipinski definition) is 0. The predicted octanol–water partition coefficient (Wildman–Crippen LogP) is 2.74. The molecule has 0 saturated carbocycles. The molecule has 2 aromatic rings. The second-order valence-corrected chi connectivity index (χ2v) is 3.80. The highest BCUT2D eigenvalue weighted by molar-refractivity contribution is 5.86. The molecule has 1 aromatic carbocycles. The van der Waals surface area contributed by atoms with Crippen molar-refractivity contribution in [3.63, 3.8) is 0 Å². The first-order valence-corrected chi connectivity index (χ1v) is 5.58. The van der Waals surface area contributed by atoms with Gasteiger partial charge in [0, 0.05) is 5.56 Å². The molecule has 0 aliphatic rings. The molecule has 0 aliphatic carbocycles. The summed E-state index contributed by atoms with van der Waals surface area (Å²) < 4.78 is 28.1. The van der Waals surface area contributed by atoms with E-state index in [1.165, 1.54) is 19.2 Å². The van der Waals surface area contributed by atoms with Gasteiger partial charge in [0.1, 0.15) is 11.9 Å². The van der Waals surface area contributed by atoms with E-state index in [1.807, 2.05) is 0 Å². The number of benzene rings is 1. The van der Waals surface area contributed by atoms with Gasteiger partial charge in [-0.1, -0.05) is 18.2 Å². The second kappa shape index (κ2) is 5.51. The fraction of sp³-hybridized carbons (Fsp3) is 0.231. The maximum atomic E-state index is 13.5. The number of carbonyl (C=O) groups is 1. The summed E-state index contributed by atoms with van der Waals surface area (Å²) in [5.41, 5.74) is 0.294. The highest BCUT2D eigenvalue weighted by Crippen LogP contribution is 2.22. The number of aromatic nitrogens is 1. The standard InChI is InChI=1S/C13H12FNO4/c1-8(9-5-3-4-6-10(9)14)18-13(16)11-7-12(17-2)15-19-11/h3-8H,1-2H3/t8-/m1/s1. The number of methoxy groups -OCH3 is 1. The highest BCUT2D eigenvalue weighted by Gasteiger charge is 2.20. The second-order valence-electron chi connectivity index (χ2n) is 3.80. The zero-order valence-corrected chi connectivity index (χ0v) is 10.4. The van der Waals surface area contributed by atoms with Crippen LogP contribution in [0.1, 0.15) is 29.1 Å². The van der Waals surface area contributed by atoms with Gasteiger partial charge >= 0.3 is 5.97 Å². The summed E-state index contributed by atoms with van der Waals surface area (Å²) in [4.78, 5) is 11.7. The van der Waals surface area contributed by atoms with E-state index in [4.69, 9.17) is 14.0 Å². The Morgan fingerprint density at radius 3 is 2.79 bits per heavy atom. The lowest BCUT2D eigenvalue weighted by Gasteiger charge is -2.12. The lowest BCUT2D eigenvalue weighted by molar-refractivity contribution is 0.0285. The van der Waals surface area contributed by atoms with E-state index < -0.39 is 17.9 Å². The van der Waals surface area contributed by atoms with Crippen molar-refractivity contribution in [1.82, 2.24) is 5.16 Å². The molecule has 5 nitrogen and oxygen atoms in total. The van der Waals surface area contributed by atoms with E-state index in [-0.39, 0.29) is 11.6 Å². The van der Waals surface area contributed by atoms with E-state index >= 15 is 0 Å². The normalized spacial score (nSPS) is 11.9. The van der Waals surface area contributed by atoms with Gasteiger partial charge in [-0.25, -0.2) is 9.18 Å². The SMILES string of the molecule is COc1cc(C(=O)O[C@H](C)c2ccccc2F)on1. The van der Waals surface area contributed by atoms with Gasteiger partial charge in [0.05, 0.1) is 13.2 Å². The van der Waals surface area contributed by atoms with Crippen molar-refractivity contribution < 1.29 is 23.2 Å². The predicted molar refractivity (Wildman–Crippen MR) is 63.3 cm³/mol. The summed E-state index contributed by atoms with van der Waals surface area (Å²) in [5.74, 6) is -1.09. The molecule has 0 amide bonds. The average Bonchev–Trinajstić information content (AvgIpc) is 2.88. The van der Waals surface area contributed by atoms with Crippen LogP contribution in [0.3, 0.4) is 0 Å². The summed E-state index contributed by atoms with van der Waals surface area (Å²) >= 11 is 0. The third-order valence-corrected chi connectivity index (χ3v) is 2.53. The van der Waals surface area contributed by atoms with Crippen LogP contribution in [0.4, 0.5) is 4.39 Å². The van der Waals surface area contributed by atoms with Crippen LogP contribution in [0.15, 0.2) is 34.9 Å². The van der Waals surface area contributed by atoms with E-state index in [9.17, 15) is 9.18 Å². The van der Waals surface area contributed by atoms with Crippen molar-refractivity contribution in [2.24, 2.45) is 0 Å². The minimum absolute atomic E-state index is 0.0972. The van der Waals surface area contributed by atoms with Gasteiger partial charge in [-0.15, -0.1) is 0 Å². The largest absolute Gasteiger partial charge is 0.479 e. The molecular weight excluding hydrogens is 253 g/mol. The van der Waals surface area contributed by atoms with Gasteiger partial charge in [0.2, 0.25) is 5.76 Å². The van der Waals surface area contributed by atoms with Crippen LogP contribution in [-0.4, -0.2) is 18.2 Å². The Bertz CT molecular complexity index is 582. The number of hydrogen-bond acceptors (Lipinski definition) is 5. The Morgan fingerprint density at radius 1 is 1.42 bits per heavy atom. The molecule has 1 heterocycles. The molecule has 0 N–H and O–H groups in total. The molecule has 100 valence electrons. The van der Waals surface area contributed by atoms with Crippen LogP contribution >= 0.6 is 0 Å². The Hall–Kier alpha value is -2.37. The Kier molecular flexibility index (Phi) is 3.79. The van der Waals surface area contributed by atoms with Crippen LogP contribution in [0.5, 0.6) is 5.88 Å². The van der Waals surface area contributed by atoms with Crippen molar-refractivity contribution in [1.29, 1.82) is 0 Å². The van der Waals surface area contributed by atoms with Crippen LogP contribution in [-0.2, 0) is 4.74 Å². The van der Waals surface area contributed by atoms with Crippen molar-refractivity contribution in [2.75, 3.05) is 7.11 Å². The van der Waals surface area contributed by atoms with Crippen LogP contribution in [0.25, 0.3) is 0 Å². The summed E-state index contributed by atoms with van der Waals surface area (Å²) in [5, 5.41) is 3.48. The Morgan fingerprint density at radius 2 is 2.16 bits per heavy atom. The lowest BCUT2D eigenvalue weighted by Crippen LogP contribution is -2.09. The number of esters is 1. The van der Waals surface area contributed by atoms with Crippen LogP contribution < -0.4 is 4.74 Å². The first-order chi connectivity index (χ1) is 9.11. The minimum Gasteiger partial charge on any atom is -0.479 e. The van der Waals surface area contributed by atoms with E-state index in [2.05, 4.69) is 5.16 Å². The van der Waals surface area contributed by atoms with Crippen molar-refractivity contribution in [3.8, 4) is 5.88 Å². The van der Waals surface area contributed by atoms with Crippen molar-refractivity contribution in [2.45, 2.75) is 13.0 Å². The molecular formula is C13H12FNO4. The van der Waals surface area contributed by atoms with E-state index in [1.54, 1.807) is 25.1 Å². The number of carbonyl (C=O) groups excluding carboxylic acids is 1. The molecule has 0 radical (unpaired) electrons. The van der Waals surface area contributed by atoms with Gasteiger partial charge in [-0.3, -0.25) is 0 Å². The Labute approximate surface area is 108 Å². The zero-order valence-electron chi connectivity index (χ0n) is 10.4. The van der Waals surface area contributed by atoms with Crippen molar-refractivity contribution >= 4 is 5.97 Å². The Balaban J connectivity index is 2.08. The summed E-state index contributed by atoms with van der Waals surface area (Å²) in [6.07, 6.45) is -0.732. The zero-order chi connectivity index (χ0) is 13.8. The maximum absolute atomic E-state index is 13.5. The molecule has 0 spiro atoms. The van der Waals surface area contributed by atoms with Gasteiger partial charge < -0.3 is 14.0 Å². The quantitative estimate of drug-likeness (QED) is 0.795. The first-order valence-electron chi connectivity index (χ1n) is 5.58. The van der Waals surface area contributed by atoms with E-state index in [0.29, 0.717) is 5.56 Å². The molecule has 19 heavy (non-hydrogen) atoms. The summed E-state index contributed by atoms with van der Waals surface area (Å²) in [7, 11) is 1.40. The average molecular weight is 265 g/mol. The minimum atomic E-state index is -0.732. The van der Waals surface area contributed by atoms with Gasteiger partial charge in [0.25, 0.3) is 5.88 Å². The molecule has 0 fully saturated rings. The monoisotopic (exact) mass is 265 g/mol. The first kappa shape index (κ1) is 13.1. The van der Waals surface area contributed by atoms with Crippen molar-refractivity contribution in [3.05, 3.63) is 47.5 Å². The molecule has 0 bridgehead atoms. The van der Waals surface area contributed by atoms with Gasteiger partial charge in [-0.05, 0) is 18.1 Å². The summed E-state index contributed by atoms with van der Waals surface area (Å²) in [6, 6.07) is 7.39. The molecule has 1 atom stereocenters. The molecule has 0 saturated heterocycles. The van der Waals surface area contributed by atoms with Gasteiger partial charge in [0.15, 0.2) is 0 Å². The third kappa shape index (κ3) is 2.90. The highest BCUT2D eigenvalue weighted by atomic mass is 19.1. The van der Waals surface area contributed by atoms with Gasteiger partial charge in [-0.2, -0.15) is 0 Å². The summed E-state index contributed by atoms with van der Waals surface area (Å²) in [6.45, 7) is 1.57. The molecule has 1 aromatic heterocycles. The molecule has 2 rings (SSSR count). The van der Waals surface area contributed by atoms with E-state index in [0.717, 1.165) is 0 Å². The number of halogens is 1. The molecule has 0 unspecified atom stereocenters. The fourth-order valence-corrected chi connectivity index (χ4v) is 1.54. The lowest BCUT2D eigenvalue weighted by atomic mass is 10.1. The smallest absolute Gasteiger partial charge is 0.377 e. The molecule has 6 heteroatoms. The molecule has 0 aliphatic heterocycles. The maximum Gasteiger partial charge on any atom is 0.377 e. The number of nitrogens with zero attached hydrogens (tertiary/aromatic N) is 1. The fourth-order valence-electron chi connectivity index (χ4n) is 1.54.